The summed E-state index contributed by atoms with van der Waals surface area (Å²) in [6, 6.07) is 8.37. The Bertz CT molecular complexity index is 747. The standard InChI is InChI=1S/C19H22O10/c1-10(20)25-14-15(26-11(2)21)17(27-12(3)22)19(29-16(14)18(23)24-4)28-13-8-6-5-7-9-13/h5-9,14-17,19H,1-4H3/t14-,15-,16-,17+,19-/m0/s1. The number of methoxy groups -OCH3 is 1. The Labute approximate surface area is 166 Å². The highest BCUT2D eigenvalue weighted by atomic mass is 16.7. The topological polar surface area (TPSA) is 124 Å². The molecule has 1 aromatic rings. The minimum atomic E-state index is -1.49. The van der Waals surface area contributed by atoms with Gasteiger partial charge in [0.2, 0.25) is 12.4 Å². The van der Waals surface area contributed by atoms with E-state index in [1.165, 1.54) is 0 Å². The average molecular weight is 410 g/mol. The molecule has 0 aliphatic carbocycles. The smallest absolute Gasteiger partial charge is 0.339 e. The third-order valence-corrected chi connectivity index (χ3v) is 3.83. The maximum Gasteiger partial charge on any atom is 0.339 e. The van der Waals surface area contributed by atoms with Crippen molar-refractivity contribution >= 4 is 23.9 Å². The van der Waals surface area contributed by atoms with Crippen molar-refractivity contribution in [2.45, 2.75) is 51.5 Å². The Balaban J connectivity index is 2.47. The summed E-state index contributed by atoms with van der Waals surface area (Å²) in [5.74, 6) is -2.81. The van der Waals surface area contributed by atoms with Crippen LogP contribution in [0, 0.1) is 0 Å². The van der Waals surface area contributed by atoms with Gasteiger partial charge in [-0.1, -0.05) is 18.2 Å². The summed E-state index contributed by atoms with van der Waals surface area (Å²) >= 11 is 0. The second-order valence-electron chi connectivity index (χ2n) is 6.10. The number of benzene rings is 1. The summed E-state index contributed by atoms with van der Waals surface area (Å²) in [6.07, 6.45) is -6.99. The van der Waals surface area contributed by atoms with Crippen LogP contribution in [0.3, 0.4) is 0 Å². The molecule has 10 nitrogen and oxygen atoms in total. The van der Waals surface area contributed by atoms with Crippen LogP contribution in [0.25, 0.3) is 0 Å². The zero-order valence-corrected chi connectivity index (χ0v) is 16.4. The third-order valence-electron chi connectivity index (χ3n) is 3.83. The molecule has 1 fully saturated rings. The monoisotopic (exact) mass is 410 g/mol. The summed E-state index contributed by atoms with van der Waals surface area (Å²) < 4.78 is 31.7. The van der Waals surface area contributed by atoms with Crippen LogP contribution < -0.4 is 4.74 Å². The normalized spacial score (nSPS) is 26.0. The van der Waals surface area contributed by atoms with Gasteiger partial charge in [-0.3, -0.25) is 14.4 Å². The summed E-state index contributed by atoms with van der Waals surface area (Å²) in [6.45, 7) is 3.36. The lowest BCUT2D eigenvalue weighted by Gasteiger charge is -2.43. The highest BCUT2D eigenvalue weighted by Crippen LogP contribution is 2.31. The molecule has 0 N–H and O–H groups in total. The first-order valence-corrected chi connectivity index (χ1v) is 8.69. The highest BCUT2D eigenvalue weighted by molar-refractivity contribution is 5.77. The number of hydrogen-bond donors (Lipinski definition) is 0. The molecule has 29 heavy (non-hydrogen) atoms. The number of esters is 4. The van der Waals surface area contributed by atoms with Crippen LogP contribution in [-0.4, -0.2) is 61.7 Å². The molecular weight excluding hydrogens is 388 g/mol. The van der Waals surface area contributed by atoms with Crippen molar-refractivity contribution in [3.05, 3.63) is 30.3 Å². The van der Waals surface area contributed by atoms with E-state index >= 15 is 0 Å². The maximum atomic E-state index is 12.3. The Morgan fingerprint density at radius 2 is 1.31 bits per heavy atom. The van der Waals surface area contributed by atoms with E-state index in [0.717, 1.165) is 27.9 Å². The number of carbonyl (C=O) groups is 4. The lowest BCUT2D eigenvalue weighted by molar-refractivity contribution is -0.282. The second-order valence-corrected chi connectivity index (χ2v) is 6.10. The quantitative estimate of drug-likeness (QED) is 0.490. The molecule has 0 saturated carbocycles. The van der Waals surface area contributed by atoms with E-state index in [9.17, 15) is 19.2 Å². The minimum Gasteiger partial charge on any atom is -0.467 e. The van der Waals surface area contributed by atoms with Crippen molar-refractivity contribution in [2.75, 3.05) is 7.11 Å². The molecule has 158 valence electrons. The molecule has 1 aliphatic rings. The molecule has 2 rings (SSSR count). The molecule has 0 unspecified atom stereocenters. The Morgan fingerprint density at radius 3 is 1.83 bits per heavy atom. The molecular formula is C19H22O10. The van der Waals surface area contributed by atoms with Gasteiger partial charge < -0.3 is 28.4 Å². The summed E-state index contributed by atoms with van der Waals surface area (Å²) in [4.78, 5) is 47.2. The summed E-state index contributed by atoms with van der Waals surface area (Å²) in [5.41, 5.74) is 0. The predicted molar refractivity (Wildman–Crippen MR) is 94.4 cm³/mol. The molecule has 10 heteroatoms. The first-order valence-electron chi connectivity index (χ1n) is 8.69. The Morgan fingerprint density at radius 1 is 0.793 bits per heavy atom. The molecule has 0 radical (unpaired) electrons. The van der Waals surface area contributed by atoms with Crippen LogP contribution in [0.4, 0.5) is 0 Å². The molecule has 1 aromatic carbocycles. The van der Waals surface area contributed by atoms with Gasteiger partial charge >= 0.3 is 23.9 Å². The molecule has 1 aliphatic heterocycles. The zero-order valence-electron chi connectivity index (χ0n) is 16.4. The fourth-order valence-electron chi connectivity index (χ4n) is 2.81. The number of para-hydroxylation sites is 1. The molecule has 0 aromatic heterocycles. The van der Waals surface area contributed by atoms with Gasteiger partial charge in [0.05, 0.1) is 7.11 Å². The van der Waals surface area contributed by atoms with Crippen molar-refractivity contribution in [1.29, 1.82) is 0 Å². The fourth-order valence-corrected chi connectivity index (χ4v) is 2.81. The minimum absolute atomic E-state index is 0.339. The van der Waals surface area contributed by atoms with E-state index in [0.29, 0.717) is 5.75 Å². The Hall–Kier alpha value is -3.14. The van der Waals surface area contributed by atoms with Gasteiger partial charge in [-0.2, -0.15) is 0 Å². The van der Waals surface area contributed by atoms with E-state index in [-0.39, 0.29) is 0 Å². The van der Waals surface area contributed by atoms with Crippen molar-refractivity contribution in [3.63, 3.8) is 0 Å². The SMILES string of the molecule is COC(=O)[C@H]1O[C@H](Oc2ccccc2)[C@H](OC(C)=O)[C@@H](OC(C)=O)[C@@H]1OC(C)=O. The van der Waals surface area contributed by atoms with Crippen LogP contribution in [0.15, 0.2) is 30.3 Å². The average Bonchev–Trinajstić information content (AvgIpc) is 2.65. The van der Waals surface area contributed by atoms with Crippen molar-refractivity contribution in [1.82, 2.24) is 0 Å². The number of hydrogen-bond acceptors (Lipinski definition) is 10. The first kappa shape index (κ1) is 22.2. The van der Waals surface area contributed by atoms with Crippen LogP contribution in [0.5, 0.6) is 5.75 Å². The van der Waals surface area contributed by atoms with Gasteiger partial charge in [0, 0.05) is 20.8 Å². The van der Waals surface area contributed by atoms with Gasteiger partial charge in [0.25, 0.3) is 0 Å². The summed E-state index contributed by atoms with van der Waals surface area (Å²) in [7, 11) is 1.11. The number of rotatable bonds is 6. The zero-order chi connectivity index (χ0) is 21.6. The van der Waals surface area contributed by atoms with E-state index < -0.39 is 54.6 Å². The lowest BCUT2D eigenvalue weighted by Crippen LogP contribution is -2.64. The lowest BCUT2D eigenvalue weighted by atomic mass is 9.97. The molecule has 1 saturated heterocycles. The summed E-state index contributed by atoms with van der Waals surface area (Å²) in [5, 5.41) is 0. The molecule has 0 spiro atoms. The highest BCUT2D eigenvalue weighted by Gasteiger charge is 2.55. The molecule has 5 atom stereocenters. The second kappa shape index (κ2) is 9.87. The molecule has 0 bridgehead atoms. The van der Waals surface area contributed by atoms with Crippen LogP contribution in [0.2, 0.25) is 0 Å². The van der Waals surface area contributed by atoms with Crippen LogP contribution in [-0.2, 0) is 42.9 Å². The number of ether oxygens (including phenoxy) is 6. The maximum absolute atomic E-state index is 12.3. The van der Waals surface area contributed by atoms with Gasteiger partial charge in [-0.25, -0.2) is 4.79 Å². The van der Waals surface area contributed by atoms with E-state index in [2.05, 4.69) is 0 Å². The third kappa shape index (κ3) is 5.92. The van der Waals surface area contributed by atoms with E-state index in [1.54, 1.807) is 30.3 Å². The predicted octanol–water partition coefficient (Wildman–Crippen LogP) is 0.758. The van der Waals surface area contributed by atoms with E-state index in [1.807, 2.05) is 0 Å². The Kier molecular flexibility index (Phi) is 7.54. The number of carbonyl (C=O) groups excluding carboxylic acids is 4. The van der Waals surface area contributed by atoms with Gasteiger partial charge in [0.1, 0.15) is 5.75 Å². The fraction of sp³-hybridized carbons (Fsp3) is 0.474. The largest absolute Gasteiger partial charge is 0.467 e. The molecule has 0 amide bonds. The van der Waals surface area contributed by atoms with Crippen LogP contribution in [0.1, 0.15) is 20.8 Å². The van der Waals surface area contributed by atoms with Gasteiger partial charge in [-0.05, 0) is 12.1 Å². The molecule has 1 heterocycles. The van der Waals surface area contributed by atoms with E-state index in [4.69, 9.17) is 28.4 Å². The van der Waals surface area contributed by atoms with Gasteiger partial charge in [-0.15, -0.1) is 0 Å². The first-order chi connectivity index (χ1) is 13.7. The van der Waals surface area contributed by atoms with Crippen LogP contribution >= 0.6 is 0 Å². The van der Waals surface area contributed by atoms with Crippen molar-refractivity contribution in [2.24, 2.45) is 0 Å². The van der Waals surface area contributed by atoms with Gasteiger partial charge in [0.15, 0.2) is 18.3 Å². The van der Waals surface area contributed by atoms with Crippen molar-refractivity contribution in [3.8, 4) is 5.75 Å². The van der Waals surface area contributed by atoms with Crippen molar-refractivity contribution < 1.29 is 47.6 Å².